The van der Waals surface area contributed by atoms with Crippen LogP contribution in [0.15, 0.2) is 41.4 Å². The first kappa shape index (κ1) is 14.2. The van der Waals surface area contributed by atoms with Crippen LogP contribution in [0.3, 0.4) is 0 Å². The Morgan fingerprint density at radius 2 is 2.00 bits per heavy atom. The van der Waals surface area contributed by atoms with E-state index in [-0.39, 0.29) is 0 Å². The zero-order valence-corrected chi connectivity index (χ0v) is 12.5. The minimum Gasteiger partial charge on any atom is -0.342 e. The molecule has 1 N–H and O–H groups in total. The molecule has 0 radical (unpaired) electrons. The summed E-state index contributed by atoms with van der Waals surface area (Å²) in [6, 6.07) is 10.3. The lowest BCUT2D eigenvalue weighted by Gasteiger charge is -2.29. The van der Waals surface area contributed by atoms with E-state index < -0.39 is 0 Å². The molecule has 1 aromatic carbocycles. The van der Waals surface area contributed by atoms with Gasteiger partial charge in [0.25, 0.3) is 0 Å². The Bertz CT molecular complexity index is 390. The molecule has 0 unspecified atom stereocenters. The maximum Gasteiger partial charge on any atom is 0.173 e. The average Bonchev–Trinajstić information content (AvgIpc) is 2.26. The smallest absolute Gasteiger partial charge is 0.173 e. The van der Waals surface area contributed by atoms with Crippen molar-refractivity contribution in [1.82, 2.24) is 4.90 Å². The fourth-order valence-electron chi connectivity index (χ4n) is 1.39. The molecule has 0 saturated carbocycles. The molecule has 0 aliphatic rings. The number of halogens is 1. The Labute approximate surface area is 117 Å². The lowest BCUT2D eigenvalue weighted by atomic mass is 10.3. The van der Waals surface area contributed by atoms with E-state index in [9.17, 15) is 0 Å². The predicted octanol–water partition coefficient (Wildman–Crippen LogP) is 4.00. The molecule has 1 aromatic rings. The molecule has 0 aromatic heterocycles. The normalized spacial score (nSPS) is 10.1. The minimum absolute atomic E-state index is 0.327. The highest BCUT2D eigenvalue weighted by atomic mass is 79.9. The van der Waals surface area contributed by atoms with Crippen molar-refractivity contribution in [1.29, 1.82) is 0 Å². The van der Waals surface area contributed by atoms with Gasteiger partial charge in [-0.05, 0) is 38.2 Å². The van der Waals surface area contributed by atoms with Gasteiger partial charge < -0.3 is 10.2 Å². The lowest BCUT2D eigenvalue weighted by Crippen LogP contribution is -2.40. The number of thiocarbonyl (C=S) groups is 1. The molecule has 0 heterocycles. The molecule has 2 nitrogen and oxygen atoms in total. The second-order valence-electron chi connectivity index (χ2n) is 4.04. The molecule has 0 spiro atoms. The number of nitrogens with zero attached hydrogens (tertiary/aromatic N) is 1. The number of para-hydroxylation sites is 1. The van der Waals surface area contributed by atoms with Crippen molar-refractivity contribution in [3.05, 3.63) is 41.4 Å². The summed E-state index contributed by atoms with van der Waals surface area (Å²) in [7, 11) is 0. The third kappa shape index (κ3) is 4.88. The van der Waals surface area contributed by atoms with E-state index in [0.717, 1.165) is 10.2 Å². The van der Waals surface area contributed by atoms with Gasteiger partial charge in [-0.15, -0.1) is 0 Å². The van der Waals surface area contributed by atoms with Crippen molar-refractivity contribution in [2.24, 2.45) is 0 Å². The van der Waals surface area contributed by atoms with Crippen LogP contribution in [0.2, 0.25) is 0 Å². The topological polar surface area (TPSA) is 15.3 Å². The van der Waals surface area contributed by atoms with Gasteiger partial charge >= 0.3 is 0 Å². The third-order valence-corrected chi connectivity index (χ3v) is 2.84. The SMILES string of the molecule is C=C(Br)CN(C(=S)Nc1ccccc1)C(C)C. The van der Waals surface area contributed by atoms with E-state index in [2.05, 4.69) is 46.6 Å². The molecule has 1 rings (SSSR count). The van der Waals surface area contributed by atoms with Crippen LogP contribution in [0.25, 0.3) is 0 Å². The number of hydrogen-bond acceptors (Lipinski definition) is 1. The highest BCUT2D eigenvalue weighted by Crippen LogP contribution is 2.12. The molecule has 0 bridgehead atoms. The van der Waals surface area contributed by atoms with Crippen LogP contribution in [0.1, 0.15) is 13.8 Å². The highest BCUT2D eigenvalue weighted by molar-refractivity contribution is 9.11. The molecule has 0 atom stereocenters. The molecule has 0 aliphatic carbocycles. The summed E-state index contributed by atoms with van der Waals surface area (Å²) < 4.78 is 0.920. The Kier molecular flexibility index (Phi) is 5.65. The maximum absolute atomic E-state index is 5.40. The van der Waals surface area contributed by atoms with Gasteiger partial charge in [-0.2, -0.15) is 0 Å². The summed E-state index contributed by atoms with van der Waals surface area (Å²) in [5, 5.41) is 3.94. The van der Waals surface area contributed by atoms with E-state index in [4.69, 9.17) is 12.2 Å². The van der Waals surface area contributed by atoms with Gasteiger partial charge in [0.15, 0.2) is 5.11 Å². The monoisotopic (exact) mass is 312 g/mol. The van der Waals surface area contributed by atoms with Crippen LogP contribution in [0, 0.1) is 0 Å². The van der Waals surface area contributed by atoms with Gasteiger partial charge in [0.05, 0.1) is 6.54 Å². The second kappa shape index (κ2) is 6.77. The Balaban J connectivity index is 2.69. The van der Waals surface area contributed by atoms with Gasteiger partial charge in [-0.25, -0.2) is 0 Å². The molecule has 17 heavy (non-hydrogen) atoms. The first-order valence-electron chi connectivity index (χ1n) is 5.46. The van der Waals surface area contributed by atoms with Gasteiger partial charge in [-0.1, -0.05) is 40.7 Å². The first-order valence-corrected chi connectivity index (χ1v) is 6.66. The van der Waals surface area contributed by atoms with Crippen molar-refractivity contribution in [3.63, 3.8) is 0 Å². The zero-order chi connectivity index (χ0) is 12.8. The quantitative estimate of drug-likeness (QED) is 0.846. The summed E-state index contributed by atoms with van der Waals surface area (Å²) in [6.45, 7) is 8.77. The Hall–Kier alpha value is -0.870. The van der Waals surface area contributed by atoms with Crippen molar-refractivity contribution in [2.45, 2.75) is 19.9 Å². The van der Waals surface area contributed by atoms with Gasteiger partial charge in [0.2, 0.25) is 0 Å². The fourth-order valence-corrected chi connectivity index (χ4v) is 2.05. The van der Waals surface area contributed by atoms with E-state index in [1.807, 2.05) is 30.3 Å². The molecule has 4 heteroatoms. The third-order valence-electron chi connectivity index (χ3n) is 2.25. The molecule has 0 fully saturated rings. The first-order chi connectivity index (χ1) is 8.00. The Morgan fingerprint density at radius 3 is 2.47 bits per heavy atom. The van der Waals surface area contributed by atoms with Gasteiger partial charge in [-0.3, -0.25) is 0 Å². The van der Waals surface area contributed by atoms with Crippen LogP contribution in [0.5, 0.6) is 0 Å². The summed E-state index contributed by atoms with van der Waals surface area (Å²) in [5.74, 6) is 0. The maximum atomic E-state index is 5.40. The minimum atomic E-state index is 0.327. The fraction of sp³-hybridized carbons (Fsp3) is 0.308. The predicted molar refractivity (Wildman–Crippen MR) is 82.6 cm³/mol. The molecular formula is C13H17BrN2S. The molecule has 92 valence electrons. The van der Waals surface area contributed by atoms with Crippen molar-refractivity contribution < 1.29 is 0 Å². The Morgan fingerprint density at radius 1 is 1.41 bits per heavy atom. The highest BCUT2D eigenvalue weighted by Gasteiger charge is 2.13. The average molecular weight is 313 g/mol. The number of benzene rings is 1. The number of anilines is 1. The summed E-state index contributed by atoms with van der Waals surface area (Å²) in [5.41, 5.74) is 1.00. The van der Waals surface area contributed by atoms with Crippen LogP contribution in [0.4, 0.5) is 5.69 Å². The number of nitrogens with one attached hydrogen (secondary N) is 1. The summed E-state index contributed by atoms with van der Waals surface area (Å²) in [6.07, 6.45) is 0. The van der Waals surface area contributed by atoms with E-state index >= 15 is 0 Å². The summed E-state index contributed by atoms with van der Waals surface area (Å²) >= 11 is 8.78. The van der Waals surface area contributed by atoms with Crippen molar-refractivity contribution in [3.8, 4) is 0 Å². The van der Waals surface area contributed by atoms with Crippen LogP contribution in [-0.4, -0.2) is 22.6 Å². The van der Waals surface area contributed by atoms with E-state index in [0.29, 0.717) is 17.7 Å². The van der Waals surface area contributed by atoms with Crippen LogP contribution < -0.4 is 5.32 Å². The van der Waals surface area contributed by atoms with Gasteiger partial charge in [0, 0.05) is 16.2 Å². The van der Waals surface area contributed by atoms with Gasteiger partial charge in [0.1, 0.15) is 0 Å². The second-order valence-corrected chi connectivity index (χ2v) is 5.54. The van der Waals surface area contributed by atoms with Crippen molar-refractivity contribution >= 4 is 38.9 Å². The molecule has 0 amide bonds. The van der Waals surface area contributed by atoms with Crippen LogP contribution >= 0.6 is 28.1 Å². The summed E-state index contributed by atoms with van der Waals surface area (Å²) in [4.78, 5) is 2.08. The number of hydrogen-bond donors (Lipinski definition) is 1. The standard InChI is InChI=1S/C13H17BrN2S/c1-10(2)16(9-11(3)14)13(17)15-12-7-5-4-6-8-12/h4-8,10H,3,9H2,1-2H3,(H,15,17). The zero-order valence-electron chi connectivity index (χ0n) is 10.1. The number of rotatable bonds is 4. The molecule has 0 aliphatic heterocycles. The lowest BCUT2D eigenvalue weighted by molar-refractivity contribution is 0.387. The van der Waals surface area contributed by atoms with Crippen molar-refractivity contribution in [2.75, 3.05) is 11.9 Å². The molecule has 0 saturated heterocycles. The molecular weight excluding hydrogens is 296 g/mol. The van der Waals surface area contributed by atoms with E-state index in [1.165, 1.54) is 0 Å². The van der Waals surface area contributed by atoms with Crippen LogP contribution in [-0.2, 0) is 0 Å². The van der Waals surface area contributed by atoms with E-state index in [1.54, 1.807) is 0 Å². The largest absolute Gasteiger partial charge is 0.342 e.